The van der Waals surface area contributed by atoms with Crippen molar-refractivity contribution in [3.63, 3.8) is 0 Å². The largest absolute Gasteiger partial charge is 0.508 e. The molecule has 4 rings (SSSR count). The van der Waals surface area contributed by atoms with E-state index in [1.165, 1.54) is 26.4 Å². The second-order valence-corrected chi connectivity index (χ2v) is 8.35. The van der Waals surface area contributed by atoms with Crippen LogP contribution in [0.2, 0.25) is 0 Å². The van der Waals surface area contributed by atoms with E-state index >= 15 is 0 Å². The third-order valence-electron chi connectivity index (χ3n) is 6.08. The Kier molecular flexibility index (Phi) is 7.72. The Balaban J connectivity index is 1.75. The van der Waals surface area contributed by atoms with Crippen LogP contribution in [0.4, 0.5) is 23.2 Å². The highest BCUT2D eigenvalue weighted by atomic mass is 19.4. The summed E-state index contributed by atoms with van der Waals surface area (Å²) in [4.78, 5) is 0. The lowest BCUT2D eigenvalue weighted by molar-refractivity contribution is -0.137. The topological polar surface area (TPSA) is 80.2 Å². The Bertz CT molecular complexity index is 1290. The first-order chi connectivity index (χ1) is 17.6. The molecule has 1 aliphatic heterocycles. The maximum Gasteiger partial charge on any atom is 0.416 e. The van der Waals surface area contributed by atoms with E-state index in [0.29, 0.717) is 39.8 Å². The predicted molar refractivity (Wildman–Crippen MR) is 130 cm³/mol. The number of halogens is 4. The second-order valence-electron chi connectivity index (χ2n) is 8.35. The quantitative estimate of drug-likeness (QED) is 0.265. The van der Waals surface area contributed by atoms with Gasteiger partial charge in [-0.2, -0.15) is 13.2 Å². The molecule has 0 radical (unpaired) electrons. The van der Waals surface area contributed by atoms with Crippen molar-refractivity contribution < 1.29 is 42.0 Å². The van der Waals surface area contributed by atoms with Crippen molar-refractivity contribution in [1.29, 1.82) is 0 Å². The molecule has 10 heteroatoms. The summed E-state index contributed by atoms with van der Waals surface area (Å²) in [5, 5.41) is 24.4. The van der Waals surface area contributed by atoms with Gasteiger partial charge < -0.3 is 29.7 Å². The average Bonchev–Trinajstić information content (AvgIpc) is 2.88. The summed E-state index contributed by atoms with van der Waals surface area (Å²) in [5.74, 6) is -0.585. The van der Waals surface area contributed by atoms with Crippen LogP contribution in [0.1, 0.15) is 28.4 Å². The number of aliphatic hydroxyl groups is 1. The van der Waals surface area contributed by atoms with Gasteiger partial charge in [-0.25, -0.2) is 4.39 Å². The average molecular weight is 519 g/mol. The van der Waals surface area contributed by atoms with E-state index in [0.717, 1.165) is 12.1 Å². The maximum absolute atomic E-state index is 15.0. The number of rotatable bonds is 8. The lowest BCUT2D eigenvalue weighted by atomic mass is 9.84. The summed E-state index contributed by atoms with van der Waals surface area (Å²) >= 11 is 0. The molecule has 3 aromatic carbocycles. The van der Waals surface area contributed by atoms with Crippen LogP contribution < -0.4 is 10.1 Å². The van der Waals surface area contributed by atoms with Gasteiger partial charge in [-0.05, 0) is 53.1 Å². The Morgan fingerprint density at radius 3 is 2.24 bits per heavy atom. The van der Waals surface area contributed by atoms with Crippen molar-refractivity contribution in [2.45, 2.75) is 18.6 Å². The van der Waals surface area contributed by atoms with Gasteiger partial charge in [0.25, 0.3) is 0 Å². The summed E-state index contributed by atoms with van der Waals surface area (Å²) in [5.41, 5.74) is 0.844. The zero-order chi connectivity index (χ0) is 26.7. The van der Waals surface area contributed by atoms with Crippen LogP contribution in [0.15, 0.2) is 60.7 Å². The third-order valence-corrected chi connectivity index (χ3v) is 6.08. The van der Waals surface area contributed by atoms with E-state index in [9.17, 15) is 27.8 Å². The van der Waals surface area contributed by atoms with Crippen molar-refractivity contribution in [2.75, 3.05) is 32.7 Å². The summed E-state index contributed by atoms with van der Waals surface area (Å²) in [6.45, 7) is 0.154. The van der Waals surface area contributed by atoms with Gasteiger partial charge in [-0.3, -0.25) is 0 Å². The molecule has 0 fully saturated rings. The minimum absolute atomic E-state index is 0.0156. The van der Waals surface area contributed by atoms with E-state index in [-0.39, 0.29) is 24.5 Å². The molecule has 0 saturated heterocycles. The number of aromatic hydroxyl groups is 1. The van der Waals surface area contributed by atoms with E-state index in [1.807, 2.05) is 0 Å². The van der Waals surface area contributed by atoms with Crippen LogP contribution in [0, 0.1) is 5.82 Å². The first-order valence-electron chi connectivity index (χ1n) is 11.3. The van der Waals surface area contributed by atoms with Gasteiger partial charge in [0.2, 0.25) is 0 Å². The third kappa shape index (κ3) is 5.71. The SMILES string of the molecule is COC(COc1ccc(C(O)C2=C(c3ccc(C(F)(F)F)cc3F)CNc3cc(O)ccc32)cc1)OC. The highest BCUT2D eigenvalue weighted by Crippen LogP contribution is 2.44. The highest BCUT2D eigenvalue weighted by Gasteiger charge is 2.33. The fraction of sp³-hybridized carbons (Fsp3) is 0.259. The van der Waals surface area contributed by atoms with Gasteiger partial charge in [0.05, 0.1) is 5.56 Å². The van der Waals surface area contributed by atoms with Gasteiger partial charge in [-0.1, -0.05) is 18.2 Å². The number of ether oxygens (including phenoxy) is 3. The number of hydrogen-bond donors (Lipinski definition) is 3. The minimum Gasteiger partial charge on any atom is -0.508 e. The van der Waals surface area contributed by atoms with E-state index in [1.54, 1.807) is 30.3 Å². The van der Waals surface area contributed by atoms with Crippen LogP contribution in [0.5, 0.6) is 11.5 Å². The molecule has 0 aliphatic carbocycles. The molecule has 196 valence electrons. The van der Waals surface area contributed by atoms with Crippen LogP contribution in [0.25, 0.3) is 11.1 Å². The highest BCUT2D eigenvalue weighted by molar-refractivity contribution is 6.00. The Labute approximate surface area is 210 Å². The molecule has 0 amide bonds. The predicted octanol–water partition coefficient (Wildman–Crippen LogP) is 5.62. The van der Waals surface area contributed by atoms with Crippen LogP contribution in [-0.2, 0) is 15.7 Å². The second kappa shape index (κ2) is 10.8. The first-order valence-corrected chi connectivity index (χ1v) is 11.3. The van der Waals surface area contributed by atoms with Crippen molar-refractivity contribution in [3.8, 4) is 11.5 Å². The van der Waals surface area contributed by atoms with E-state index < -0.39 is 30.0 Å². The minimum atomic E-state index is -4.69. The van der Waals surface area contributed by atoms with Crippen LogP contribution >= 0.6 is 0 Å². The Hall–Kier alpha value is -3.60. The molecule has 6 nitrogen and oxygen atoms in total. The lowest BCUT2D eigenvalue weighted by Crippen LogP contribution is -2.22. The van der Waals surface area contributed by atoms with Crippen LogP contribution in [0.3, 0.4) is 0 Å². The maximum atomic E-state index is 15.0. The number of anilines is 1. The summed E-state index contributed by atoms with van der Waals surface area (Å²) in [6, 6.07) is 13.3. The smallest absolute Gasteiger partial charge is 0.416 e. The van der Waals surface area contributed by atoms with E-state index in [2.05, 4.69) is 5.32 Å². The molecule has 1 aliphatic rings. The van der Waals surface area contributed by atoms with Crippen molar-refractivity contribution in [2.24, 2.45) is 0 Å². The Morgan fingerprint density at radius 1 is 0.946 bits per heavy atom. The number of benzene rings is 3. The van der Waals surface area contributed by atoms with E-state index in [4.69, 9.17) is 14.2 Å². The molecule has 1 unspecified atom stereocenters. The molecule has 1 heterocycles. The summed E-state index contributed by atoms with van der Waals surface area (Å²) in [7, 11) is 2.97. The molecule has 3 N–H and O–H groups in total. The van der Waals surface area contributed by atoms with Gasteiger partial charge in [0.1, 0.15) is 30.0 Å². The zero-order valence-electron chi connectivity index (χ0n) is 20.0. The number of nitrogens with one attached hydrogen (secondary N) is 1. The standard InChI is InChI=1S/C27H25F4NO5/c1-35-24(36-2)14-37-18-7-3-15(4-8-18)26(34)25-20-10-6-17(33)12-23(20)32-13-21(25)19-9-5-16(11-22(19)28)27(29,30)31/h3-12,24,26,32-34H,13-14H2,1-2H3. The summed E-state index contributed by atoms with van der Waals surface area (Å²) < 4.78 is 70.1. The van der Waals surface area contributed by atoms with Crippen molar-refractivity contribution in [3.05, 3.63) is 88.7 Å². The molecule has 3 aromatic rings. The van der Waals surface area contributed by atoms with Crippen molar-refractivity contribution in [1.82, 2.24) is 0 Å². The molecule has 0 aromatic heterocycles. The number of alkyl halides is 3. The fourth-order valence-corrected chi connectivity index (χ4v) is 4.15. The zero-order valence-corrected chi connectivity index (χ0v) is 20.0. The number of aliphatic hydroxyl groups excluding tert-OH is 1. The number of methoxy groups -OCH3 is 2. The molecule has 0 bridgehead atoms. The monoisotopic (exact) mass is 519 g/mol. The van der Waals surface area contributed by atoms with Gasteiger partial charge >= 0.3 is 6.18 Å². The summed E-state index contributed by atoms with van der Waals surface area (Å²) in [6.07, 6.45) is -6.51. The molecule has 37 heavy (non-hydrogen) atoms. The van der Waals surface area contributed by atoms with Crippen molar-refractivity contribution >= 4 is 16.8 Å². The van der Waals surface area contributed by atoms with Gasteiger partial charge in [0, 0.05) is 43.6 Å². The normalized spacial score (nSPS) is 14.4. The first kappa shape index (κ1) is 26.5. The molecule has 0 spiro atoms. The Morgan fingerprint density at radius 2 is 1.62 bits per heavy atom. The number of phenols is 1. The number of fused-ring (bicyclic) bond motifs is 1. The molecule has 0 saturated carbocycles. The lowest BCUT2D eigenvalue weighted by Gasteiger charge is -2.29. The molecule has 1 atom stereocenters. The van der Waals surface area contributed by atoms with Gasteiger partial charge in [-0.15, -0.1) is 0 Å². The molecular weight excluding hydrogens is 494 g/mol. The number of phenolic OH excluding ortho intramolecular Hbond substituents is 1. The molecular formula is C27H25F4NO5. The van der Waals surface area contributed by atoms with Gasteiger partial charge in [0.15, 0.2) is 6.29 Å². The fourth-order valence-electron chi connectivity index (χ4n) is 4.15. The number of hydrogen-bond acceptors (Lipinski definition) is 6. The van der Waals surface area contributed by atoms with Crippen LogP contribution in [-0.4, -0.2) is 43.9 Å².